The summed E-state index contributed by atoms with van der Waals surface area (Å²) in [6.45, 7) is 3.81. The third-order valence-corrected chi connectivity index (χ3v) is 8.50. The first-order valence-corrected chi connectivity index (χ1v) is 15.0. The number of nitrogens with one attached hydrogen (secondary N) is 2. The first kappa shape index (κ1) is 29.3. The Morgan fingerprint density at radius 2 is 1.88 bits per heavy atom. The van der Waals surface area contributed by atoms with E-state index in [0.717, 1.165) is 17.0 Å². The average Bonchev–Trinajstić information content (AvgIpc) is 2.95. The fourth-order valence-electron chi connectivity index (χ4n) is 4.73. The van der Waals surface area contributed by atoms with E-state index in [0.29, 0.717) is 22.7 Å². The summed E-state index contributed by atoms with van der Waals surface area (Å²) in [4.78, 5) is 27.9. The molecule has 0 unspecified atom stereocenters. The molecular formula is C29H36N4O6S. The van der Waals surface area contributed by atoms with Crippen molar-refractivity contribution in [2.45, 2.75) is 32.4 Å². The molecule has 3 amide bonds. The summed E-state index contributed by atoms with van der Waals surface area (Å²) < 4.78 is 31.8. The number of nitrogens with zero attached hydrogens (tertiary/aromatic N) is 2. The summed E-state index contributed by atoms with van der Waals surface area (Å²) in [5, 5.41) is 17.4. The van der Waals surface area contributed by atoms with Crippen LogP contribution in [0.1, 0.15) is 19.4 Å². The number of hydrogen-bond acceptors (Lipinski definition) is 6. The van der Waals surface area contributed by atoms with E-state index < -0.39 is 28.2 Å². The van der Waals surface area contributed by atoms with Gasteiger partial charge in [-0.25, -0.2) is 17.5 Å². The van der Waals surface area contributed by atoms with Gasteiger partial charge < -0.3 is 25.4 Å². The van der Waals surface area contributed by atoms with Crippen molar-refractivity contribution in [3.05, 3.63) is 66.2 Å². The zero-order valence-electron chi connectivity index (χ0n) is 23.1. The van der Waals surface area contributed by atoms with Gasteiger partial charge in [0.05, 0.1) is 37.6 Å². The van der Waals surface area contributed by atoms with Gasteiger partial charge in [-0.2, -0.15) is 0 Å². The topological polar surface area (TPSA) is 128 Å². The molecular weight excluding hydrogens is 532 g/mol. The molecule has 214 valence electrons. The summed E-state index contributed by atoms with van der Waals surface area (Å²) in [5.74, 6) is -0.00397. The van der Waals surface area contributed by atoms with E-state index in [2.05, 4.69) is 10.6 Å². The van der Waals surface area contributed by atoms with Gasteiger partial charge in [0.25, 0.3) is 0 Å². The van der Waals surface area contributed by atoms with Gasteiger partial charge in [-0.05, 0) is 36.6 Å². The van der Waals surface area contributed by atoms with Crippen LogP contribution in [0.5, 0.6) is 5.75 Å². The molecule has 0 saturated heterocycles. The van der Waals surface area contributed by atoms with Crippen LogP contribution in [-0.4, -0.2) is 79.8 Å². The zero-order valence-corrected chi connectivity index (χ0v) is 23.9. The molecule has 40 heavy (non-hydrogen) atoms. The van der Waals surface area contributed by atoms with Crippen molar-refractivity contribution in [3.8, 4) is 5.75 Å². The number of aliphatic hydroxyl groups excluding tert-OH is 1. The van der Waals surface area contributed by atoms with E-state index in [1.807, 2.05) is 49.4 Å². The van der Waals surface area contributed by atoms with Crippen LogP contribution in [-0.2, 0) is 21.2 Å². The number of fused-ring (bicyclic) bond motifs is 2. The van der Waals surface area contributed by atoms with E-state index >= 15 is 0 Å². The molecule has 1 aliphatic rings. The van der Waals surface area contributed by atoms with Crippen LogP contribution in [0, 0.1) is 5.92 Å². The highest BCUT2D eigenvalue weighted by Gasteiger charge is 2.32. The Bertz CT molecular complexity index is 1490. The molecule has 0 bridgehead atoms. The summed E-state index contributed by atoms with van der Waals surface area (Å²) in [5.41, 5.74) is 1.67. The number of benzene rings is 3. The van der Waals surface area contributed by atoms with Crippen molar-refractivity contribution >= 4 is 44.1 Å². The lowest BCUT2D eigenvalue weighted by atomic mass is 10.0. The average molecular weight is 569 g/mol. The van der Waals surface area contributed by atoms with Crippen molar-refractivity contribution in [2.75, 3.05) is 43.6 Å². The van der Waals surface area contributed by atoms with Crippen LogP contribution in [0.25, 0.3) is 10.8 Å². The number of aliphatic hydroxyl groups is 1. The number of likely N-dealkylation sites (N-methyl/N-ethyl adjacent to an activating group) is 1. The maximum atomic E-state index is 13.4. The second kappa shape index (κ2) is 12.2. The van der Waals surface area contributed by atoms with Crippen LogP contribution >= 0.6 is 0 Å². The highest BCUT2D eigenvalue weighted by Crippen LogP contribution is 2.30. The molecule has 3 aromatic rings. The molecule has 3 N–H and O–H groups in total. The molecule has 0 aliphatic carbocycles. The normalized spacial score (nSPS) is 18.8. The number of urea groups is 1. The van der Waals surface area contributed by atoms with Crippen LogP contribution in [0.3, 0.4) is 0 Å². The Kier molecular flexibility index (Phi) is 8.97. The summed E-state index contributed by atoms with van der Waals surface area (Å²) in [6.07, 6.45) is 0.555. The van der Waals surface area contributed by atoms with Gasteiger partial charge in [-0.3, -0.25) is 4.79 Å². The van der Waals surface area contributed by atoms with Gasteiger partial charge in [-0.1, -0.05) is 43.3 Å². The van der Waals surface area contributed by atoms with Crippen LogP contribution < -0.4 is 15.4 Å². The van der Waals surface area contributed by atoms with Crippen molar-refractivity contribution in [2.24, 2.45) is 5.92 Å². The minimum absolute atomic E-state index is 0.0124. The molecule has 0 spiro atoms. The predicted molar refractivity (Wildman–Crippen MR) is 156 cm³/mol. The van der Waals surface area contributed by atoms with Crippen molar-refractivity contribution < 1.29 is 27.9 Å². The summed E-state index contributed by atoms with van der Waals surface area (Å²) in [6, 6.07) is 17.6. The number of sulfonamides is 1. The fourth-order valence-corrected chi connectivity index (χ4v) is 5.15. The third kappa shape index (κ3) is 6.90. The van der Waals surface area contributed by atoms with Gasteiger partial charge in [0.2, 0.25) is 15.9 Å². The van der Waals surface area contributed by atoms with E-state index in [-0.39, 0.29) is 37.9 Å². The molecule has 3 atom stereocenters. The molecule has 1 heterocycles. The quantitative estimate of drug-likeness (QED) is 0.400. The van der Waals surface area contributed by atoms with E-state index in [9.17, 15) is 23.1 Å². The van der Waals surface area contributed by atoms with Crippen molar-refractivity contribution in [3.63, 3.8) is 0 Å². The van der Waals surface area contributed by atoms with Gasteiger partial charge in [0.1, 0.15) is 11.9 Å². The number of hydrogen-bond donors (Lipinski definition) is 3. The Hall–Kier alpha value is -3.67. The predicted octanol–water partition coefficient (Wildman–Crippen LogP) is 3.52. The number of carbonyl (C=O) groups excluding carboxylic acids is 2. The van der Waals surface area contributed by atoms with E-state index in [1.165, 1.54) is 11.4 Å². The van der Waals surface area contributed by atoms with E-state index in [4.69, 9.17) is 4.74 Å². The first-order valence-electron chi connectivity index (χ1n) is 13.1. The Morgan fingerprint density at radius 1 is 1.15 bits per heavy atom. The Labute approximate surface area is 235 Å². The molecule has 11 heteroatoms. The minimum Gasteiger partial charge on any atom is -0.488 e. The van der Waals surface area contributed by atoms with Crippen LogP contribution in [0.4, 0.5) is 16.2 Å². The second-order valence-corrected chi connectivity index (χ2v) is 12.4. The smallest absolute Gasteiger partial charge is 0.323 e. The zero-order chi connectivity index (χ0) is 29.0. The number of ether oxygens (including phenoxy) is 1. The lowest BCUT2D eigenvalue weighted by Gasteiger charge is -2.33. The van der Waals surface area contributed by atoms with Crippen molar-refractivity contribution in [1.29, 1.82) is 0 Å². The third-order valence-electron chi connectivity index (χ3n) is 7.22. The number of anilines is 2. The second-order valence-electron chi connectivity index (χ2n) is 10.4. The molecule has 0 aromatic heterocycles. The minimum atomic E-state index is -3.46. The Balaban J connectivity index is 1.61. The summed E-state index contributed by atoms with van der Waals surface area (Å²) >= 11 is 0. The van der Waals surface area contributed by atoms with Gasteiger partial charge in [0.15, 0.2) is 0 Å². The SMILES string of the molecule is C[C@H]1CN([C@@H](C)CO)C(=O)Cc2cc(NC(=O)Nc3cccc4ccccc34)ccc2O[C@H]1CN(C)S(C)(=O)=O. The summed E-state index contributed by atoms with van der Waals surface area (Å²) in [7, 11) is -1.97. The first-order chi connectivity index (χ1) is 19.0. The molecule has 4 rings (SSSR count). The van der Waals surface area contributed by atoms with Crippen molar-refractivity contribution in [1.82, 2.24) is 9.21 Å². The molecule has 0 radical (unpaired) electrons. The molecule has 1 aliphatic heterocycles. The maximum Gasteiger partial charge on any atom is 0.323 e. The molecule has 10 nitrogen and oxygen atoms in total. The standard InChI is InChI=1S/C29H36N4O6S/c1-19-16-33(20(2)18-34)28(35)15-22-14-23(12-13-26(22)39-27(19)17-32(3)40(4,37)38)30-29(36)31-25-11-7-9-21-8-5-6-10-24(21)25/h5-14,19-20,27,34H,15-18H2,1-4H3,(H2,30,31,36)/t19-,20-,27-/m0/s1. The fraction of sp³-hybridized carbons (Fsp3) is 0.379. The number of amides is 3. The maximum absolute atomic E-state index is 13.4. The molecule has 0 fully saturated rings. The Morgan fingerprint density at radius 3 is 2.60 bits per heavy atom. The highest BCUT2D eigenvalue weighted by atomic mass is 32.2. The molecule has 3 aromatic carbocycles. The van der Waals surface area contributed by atoms with Crippen LogP contribution in [0.15, 0.2) is 60.7 Å². The van der Waals surface area contributed by atoms with E-state index in [1.54, 1.807) is 30.0 Å². The van der Waals surface area contributed by atoms with Gasteiger partial charge in [-0.15, -0.1) is 0 Å². The monoisotopic (exact) mass is 568 g/mol. The molecule has 0 saturated carbocycles. The largest absolute Gasteiger partial charge is 0.488 e. The van der Waals surface area contributed by atoms with Crippen LogP contribution in [0.2, 0.25) is 0 Å². The number of rotatable bonds is 7. The van der Waals surface area contributed by atoms with Gasteiger partial charge >= 0.3 is 6.03 Å². The highest BCUT2D eigenvalue weighted by molar-refractivity contribution is 7.88. The lowest BCUT2D eigenvalue weighted by Crippen LogP contribution is -2.48. The number of carbonyl (C=O) groups is 2. The lowest BCUT2D eigenvalue weighted by molar-refractivity contribution is -0.134. The van der Waals surface area contributed by atoms with Gasteiger partial charge in [0, 0.05) is 36.1 Å².